The maximum Gasteiger partial charge on any atom is 0.338 e. The molecule has 0 radical (unpaired) electrons. The molecule has 0 aromatic heterocycles. The van der Waals surface area contributed by atoms with Gasteiger partial charge in [0.2, 0.25) is 0 Å². The van der Waals surface area contributed by atoms with Crippen molar-refractivity contribution in [1.29, 1.82) is 0 Å². The molecule has 8 nitrogen and oxygen atoms in total. The van der Waals surface area contributed by atoms with Crippen molar-refractivity contribution in [3.8, 4) is 5.75 Å². The van der Waals surface area contributed by atoms with Gasteiger partial charge in [0.15, 0.2) is 6.61 Å². The summed E-state index contributed by atoms with van der Waals surface area (Å²) >= 11 is 0. The van der Waals surface area contributed by atoms with E-state index in [0.717, 1.165) is 17.5 Å². The maximum atomic E-state index is 13.6. The molecule has 9 heteroatoms. The Morgan fingerprint density at radius 2 is 1.83 bits per heavy atom. The van der Waals surface area contributed by atoms with E-state index >= 15 is 0 Å². The van der Waals surface area contributed by atoms with Gasteiger partial charge in [-0.25, -0.2) is 13.2 Å². The Morgan fingerprint density at radius 3 is 2.60 bits per heavy atom. The third-order valence-corrected chi connectivity index (χ3v) is 7.51. The van der Waals surface area contributed by atoms with Gasteiger partial charge in [0, 0.05) is 12.2 Å². The van der Waals surface area contributed by atoms with Crippen LogP contribution in [-0.4, -0.2) is 40.6 Å². The van der Waals surface area contributed by atoms with E-state index in [1.54, 1.807) is 30.3 Å². The lowest BCUT2D eigenvalue weighted by Crippen LogP contribution is -2.35. The number of ether oxygens (including phenoxy) is 2. The Hall–Kier alpha value is -3.85. The first-order valence-electron chi connectivity index (χ1n) is 11.1. The Morgan fingerprint density at radius 1 is 1.03 bits per heavy atom. The number of nitrogens with zero attached hydrogens (tertiary/aromatic N) is 1. The summed E-state index contributed by atoms with van der Waals surface area (Å²) in [5.74, 6) is -1.21. The van der Waals surface area contributed by atoms with Crippen molar-refractivity contribution < 1.29 is 27.5 Å². The highest BCUT2D eigenvalue weighted by molar-refractivity contribution is 7.93. The molecule has 0 fully saturated rings. The summed E-state index contributed by atoms with van der Waals surface area (Å²) in [5, 5.41) is 2.66. The van der Waals surface area contributed by atoms with Gasteiger partial charge in [-0.2, -0.15) is 0 Å². The molecule has 0 bridgehead atoms. The third kappa shape index (κ3) is 5.30. The maximum absolute atomic E-state index is 13.6. The van der Waals surface area contributed by atoms with E-state index in [9.17, 15) is 18.0 Å². The quantitative estimate of drug-likeness (QED) is 0.499. The van der Waals surface area contributed by atoms with Crippen LogP contribution in [0.15, 0.2) is 71.6 Å². The molecule has 1 amide bonds. The highest BCUT2D eigenvalue weighted by atomic mass is 32.2. The van der Waals surface area contributed by atoms with Gasteiger partial charge in [0.05, 0.1) is 18.4 Å². The minimum Gasteiger partial charge on any atom is -0.495 e. The fourth-order valence-corrected chi connectivity index (χ4v) is 5.73. The lowest BCUT2D eigenvalue weighted by atomic mass is 10.0. The smallest absolute Gasteiger partial charge is 0.338 e. The summed E-state index contributed by atoms with van der Waals surface area (Å²) in [7, 11) is -2.66. The number of hydrogen-bond donors (Lipinski definition) is 1. The number of sulfonamides is 1. The monoisotopic (exact) mass is 494 g/mol. The predicted molar refractivity (Wildman–Crippen MR) is 132 cm³/mol. The number of methoxy groups -OCH3 is 1. The van der Waals surface area contributed by atoms with Crippen LogP contribution in [0.1, 0.15) is 27.9 Å². The molecule has 3 aromatic rings. The average molecular weight is 495 g/mol. The zero-order valence-electron chi connectivity index (χ0n) is 19.5. The number of fused-ring (bicyclic) bond motifs is 1. The van der Waals surface area contributed by atoms with Crippen molar-refractivity contribution in [1.82, 2.24) is 0 Å². The number of benzene rings is 3. The van der Waals surface area contributed by atoms with Crippen molar-refractivity contribution in [2.45, 2.75) is 24.7 Å². The first kappa shape index (κ1) is 24.3. The number of carbonyl (C=O) groups is 2. The zero-order chi connectivity index (χ0) is 25.0. The second-order valence-electron chi connectivity index (χ2n) is 8.17. The molecule has 1 aliphatic heterocycles. The molecule has 0 saturated heterocycles. The van der Waals surface area contributed by atoms with Crippen LogP contribution < -0.4 is 14.4 Å². The second kappa shape index (κ2) is 10.2. The molecule has 0 aliphatic carbocycles. The fourth-order valence-electron chi connectivity index (χ4n) is 4.01. The molecule has 0 spiro atoms. The first-order chi connectivity index (χ1) is 16.8. The van der Waals surface area contributed by atoms with Crippen molar-refractivity contribution in [2.24, 2.45) is 0 Å². The van der Waals surface area contributed by atoms with E-state index < -0.39 is 28.5 Å². The lowest BCUT2D eigenvalue weighted by molar-refractivity contribution is -0.119. The SMILES string of the molecule is COc1ccc(C(=O)OCC(=O)Nc2cccc(C)c2)cc1S(=O)(=O)N1CCCc2ccccc21. The minimum atomic E-state index is -4.03. The Bertz CT molecular complexity index is 1370. The molecule has 3 aromatic carbocycles. The van der Waals surface area contributed by atoms with Crippen LogP contribution in [0.5, 0.6) is 5.75 Å². The molecule has 0 unspecified atom stereocenters. The number of esters is 1. The normalized spacial score (nSPS) is 13.0. The fraction of sp³-hybridized carbons (Fsp3) is 0.231. The number of aryl methyl sites for hydroxylation is 2. The highest BCUT2D eigenvalue weighted by Crippen LogP contribution is 2.35. The number of para-hydroxylation sites is 1. The lowest BCUT2D eigenvalue weighted by Gasteiger charge is -2.30. The van der Waals surface area contributed by atoms with Crippen molar-refractivity contribution >= 4 is 33.3 Å². The standard InChI is InChI=1S/C26H26N2O6S/c1-18-7-5-10-21(15-18)27-25(29)17-34-26(30)20-12-13-23(33-2)24(16-20)35(31,32)28-14-6-9-19-8-3-4-11-22(19)28/h3-5,7-8,10-13,15-16H,6,9,14,17H2,1-2H3,(H,27,29). The minimum absolute atomic E-state index is 0.00183. The predicted octanol–water partition coefficient (Wildman–Crippen LogP) is 3.94. The summed E-state index contributed by atoms with van der Waals surface area (Å²) in [4.78, 5) is 24.7. The summed E-state index contributed by atoms with van der Waals surface area (Å²) in [6, 6.07) is 18.6. The molecule has 35 heavy (non-hydrogen) atoms. The highest BCUT2D eigenvalue weighted by Gasteiger charge is 2.32. The molecular formula is C26H26N2O6S. The molecule has 0 saturated carbocycles. The number of amides is 1. The molecule has 1 N–H and O–H groups in total. The third-order valence-electron chi connectivity index (χ3n) is 5.67. The van der Waals surface area contributed by atoms with Crippen molar-refractivity contribution in [3.05, 3.63) is 83.4 Å². The molecule has 1 aliphatic rings. The Kier molecular flexibility index (Phi) is 7.07. The van der Waals surface area contributed by atoms with Crippen LogP contribution >= 0.6 is 0 Å². The largest absolute Gasteiger partial charge is 0.495 e. The van der Waals surface area contributed by atoms with E-state index in [1.165, 1.54) is 29.6 Å². The van der Waals surface area contributed by atoms with E-state index in [-0.39, 0.29) is 16.2 Å². The van der Waals surface area contributed by atoms with Gasteiger partial charge in [-0.15, -0.1) is 0 Å². The van der Waals surface area contributed by atoms with Crippen LogP contribution in [0, 0.1) is 6.92 Å². The van der Waals surface area contributed by atoms with Crippen LogP contribution in [0.4, 0.5) is 11.4 Å². The summed E-state index contributed by atoms with van der Waals surface area (Å²) in [6.45, 7) is 1.70. The van der Waals surface area contributed by atoms with Crippen LogP contribution in [-0.2, 0) is 26.0 Å². The zero-order valence-corrected chi connectivity index (χ0v) is 20.3. The van der Waals surface area contributed by atoms with Gasteiger partial charge in [0.1, 0.15) is 10.6 Å². The van der Waals surface area contributed by atoms with Gasteiger partial charge in [0.25, 0.3) is 15.9 Å². The van der Waals surface area contributed by atoms with Gasteiger partial charge in [-0.05, 0) is 67.3 Å². The molecular weight excluding hydrogens is 468 g/mol. The van der Waals surface area contributed by atoms with Crippen LogP contribution in [0.3, 0.4) is 0 Å². The van der Waals surface area contributed by atoms with Crippen LogP contribution in [0.2, 0.25) is 0 Å². The number of carbonyl (C=O) groups excluding carboxylic acids is 2. The first-order valence-corrected chi connectivity index (χ1v) is 12.6. The summed E-state index contributed by atoms with van der Waals surface area (Å²) in [5.41, 5.74) is 3.12. The second-order valence-corrected chi connectivity index (χ2v) is 10.00. The molecule has 182 valence electrons. The number of anilines is 2. The topological polar surface area (TPSA) is 102 Å². The Balaban J connectivity index is 1.54. The van der Waals surface area contributed by atoms with E-state index in [0.29, 0.717) is 24.3 Å². The van der Waals surface area contributed by atoms with Gasteiger partial charge in [-0.3, -0.25) is 9.10 Å². The van der Waals surface area contributed by atoms with E-state index in [2.05, 4.69) is 5.32 Å². The molecule has 0 atom stereocenters. The number of hydrogen-bond acceptors (Lipinski definition) is 6. The van der Waals surface area contributed by atoms with Gasteiger partial charge >= 0.3 is 5.97 Å². The van der Waals surface area contributed by atoms with Crippen LogP contribution in [0.25, 0.3) is 0 Å². The van der Waals surface area contributed by atoms with Crippen molar-refractivity contribution in [2.75, 3.05) is 29.9 Å². The van der Waals surface area contributed by atoms with Gasteiger partial charge in [-0.1, -0.05) is 30.3 Å². The molecule has 4 rings (SSSR count). The van der Waals surface area contributed by atoms with Gasteiger partial charge < -0.3 is 14.8 Å². The summed E-state index contributed by atoms with van der Waals surface area (Å²) in [6.07, 6.45) is 1.46. The van der Waals surface area contributed by atoms with Crippen molar-refractivity contribution in [3.63, 3.8) is 0 Å². The number of rotatable bonds is 7. The molecule has 1 heterocycles. The number of nitrogens with one attached hydrogen (secondary N) is 1. The van der Waals surface area contributed by atoms with E-state index in [1.807, 2.05) is 25.1 Å². The average Bonchev–Trinajstić information content (AvgIpc) is 2.86. The Labute approximate surface area is 204 Å². The summed E-state index contributed by atoms with van der Waals surface area (Å²) < 4.78 is 39.0. The van der Waals surface area contributed by atoms with E-state index in [4.69, 9.17) is 9.47 Å².